The van der Waals surface area contributed by atoms with Crippen molar-refractivity contribution in [2.24, 2.45) is 4.99 Å². The molecule has 2 aromatic carbocycles. The van der Waals surface area contributed by atoms with Gasteiger partial charge < -0.3 is 4.98 Å². The van der Waals surface area contributed by atoms with Gasteiger partial charge in [-0.05, 0) is 56.4 Å². The molecule has 2 nitrogen and oxygen atoms in total. The Bertz CT molecular complexity index is 871. The van der Waals surface area contributed by atoms with Crippen LogP contribution in [0.2, 0.25) is 0 Å². The summed E-state index contributed by atoms with van der Waals surface area (Å²) in [6, 6.07) is 17.4. The zero-order chi connectivity index (χ0) is 15.8. The van der Waals surface area contributed by atoms with E-state index >= 15 is 0 Å². The van der Waals surface area contributed by atoms with Crippen molar-refractivity contribution < 1.29 is 0 Å². The van der Waals surface area contributed by atoms with E-state index in [0.29, 0.717) is 0 Å². The van der Waals surface area contributed by atoms with Crippen molar-refractivity contribution in [3.63, 3.8) is 0 Å². The Balaban J connectivity index is 1.78. The van der Waals surface area contributed by atoms with Crippen LogP contribution in [0.25, 0.3) is 10.9 Å². The maximum Gasteiger partial charge on any atom is 0.0725 e. The number of aryl methyl sites for hydroxylation is 2. The second-order valence-electron chi connectivity index (χ2n) is 6.54. The van der Waals surface area contributed by atoms with Gasteiger partial charge in [-0.25, -0.2) is 0 Å². The molecule has 0 aliphatic heterocycles. The molecule has 0 fully saturated rings. The highest BCUT2D eigenvalue weighted by atomic mass is 14.8. The Morgan fingerprint density at radius 1 is 1.04 bits per heavy atom. The molecule has 1 atom stereocenters. The van der Waals surface area contributed by atoms with Crippen LogP contribution >= 0.6 is 0 Å². The van der Waals surface area contributed by atoms with Crippen molar-refractivity contribution in [1.82, 2.24) is 4.98 Å². The summed E-state index contributed by atoms with van der Waals surface area (Å²) in [5, 5.41) is 1.37. The number of hydrogen-bond acceptors (Lipinski definition) is 1. The van der Waals surface area contributed by atoms with Gasteiger partial charge in [0, 0.05) is 10.9 Å². The van der Waals surface area contributed by atoms with Crippen LogP contribution in [0.3, 0.4) is 0 Å². The summed E-state index contributed by atoms with van der Waals surface area (Å²) >= 11 is 0. The van der Waals surface area contributed by atoms with E-state index in [1.807, 2.05) is 0 Å². The van der Waals surface area contributed by atoms with Crippen molar-refractivity contribution in [1.29, 1.82) is 0 Å². The van der Waals surface area contributed by atoms with E-state index in [1.54, 1.807) is 0 Å². The molecule has 0 spiro atoms. The SMILES string of the molecule is Cc1ccc2[nH]c3c(c2c1)CCCC3=N[C@@H](C)c1ccccc1. The minimum absolute atomic E-state index is 0.199. The second-order valence-corrected chi connectivity index (χ2v) is 6.54. The Hall–Kier alpha value is -2.35. The summed E-state index contributed by atoms with van der Waals surface area (Å²) < 4.78 is 0. The maximum absolute atomic E-state index is 5.05. The normalized spacial score (nSPS) is 17.4. The molecule has 0 unspecified atom stereocenters. The van der Waals surface area contributed by atoms with E-state index in [-0.39, 0.29) is 6.04 Å². The van der Waals surface area contributed by atoms with Gasteiger partial charge in [0.15, 0.2) is 0 Å². The minimum atomic E-state index is 0.199. The number of aliphatic imine (C=N–C) groups is 1. The number of hydrogen-bond donors (Lipinski definition) is 1. The van der Waals surface area contributed by atoms with E-state index in [4.69, 9.17) is 4.99 Å². The summed E-state index contributed by atoms with van der Waals surface area (Å²) in [6.45, 7) is 4.34. The highest BCUT2D eigenvalue weighted by Crippen LogP contribution is 2.31. The first-order valence-electron chi connectivity index (χ1n) is 8.45. The molecule has 1 N–H and O–H groups in total. The Morgan fingerprint density at radius 2 is 1.87 bits per heavy atom. The predicted molar refractivity (Wildman–Crippen MR) is 97.4 cm³/mol. The molecular weight excluding hydrogens is 280 g/mol. The molecule has 1 heterocycles. The average molecular weight is 302 g/mol. The zero-order valence-corrected chi connectivity index (χ0v) is 13.8. The molecule has 2 heteroatoms. The molecule has 3 aromatic rings. The number of rotatable bonds is 2. The number of nitrogens with zero attached hydrogens (tertiary/aromatic N) is 1. The second kappa shape index (κ2) is 5.69. The number of nitrogens with one attached hydrogen (secondary N) is 1. The number of aromatic nitrogens is 1. The third kappa shape index (κ3) is 2.59. The third-order valence-electron chi connectivity index (χ3n) is 4.82. The van der Waals surface area contributed by atoms with Gasteiger partial charge in [-0.15, -0.1) is 0 Å². The van der Waals surface area contributed by atoms with Gasteiger partial charge in [-0.2, -0.15) is 0 Å². The van der Waals surface area contributed by atoms with Crippen LogP contribution in [0.4, 0.5) is 0 Å². The van der Waals surface area contributed by atoms with E-state index in [9.17, 15) is 0 Å². The van der Waals surface area contributed by atoms with Crippen LogP contribution in [-0.4, -0.2) is 10.7 Å². The lowest BCUT2D eigenvalue weighted by Crippen LogP contribution is -2.12. The Kier molecular flexibility index (Phi) is 3.53. The van der Waals surface area contributed by atoms with Crippen LogP contribution in [0.15, 0.2) is 53.5 Å². The van der Waals surface area contributed by atoms with Crippen LogP contribution < -0.4 is 0 Å². The molecular formula is C21H22N2. The highest BCUT2D eigenvalue weighted by molar-refractivity contribution is 6.06. The maximum atomic E-state index is 5.05. The lowest BCUT2D eigenvalue weighted by atomic mass is 9.93. The molecule has 0 bridgehead atoms. The molecule has 4 rings (SSSR count). The third-order valence-corrected chi connectivity index (χ3v) is 4.82. The molecule has 1 aliphatic carbocycles. The molecule has 1 aromatic heterocycles. The average Bonchev–Trinajstić information content (AvgIpc) is 2.95. The van der Waals surface area contributed by atoms with Gasteiger partial charge in [-0.1, -0.05) is 42.0 Å². The highest BCUT2D eigenvalue weighted by Gasteiger charge is 2.21. The first-order chi connectivity index (χ1) is 11.2. The fraction of sp³-hybridized carbons (Fsp3) is 0.286. The molecule has 0 saturated carbocycles. The van der Waals surface area contributed by atoms with E-state index < -0.39 is 0 Å². The van der Waals surface area contributed by atoms with Crippen molar-refractivity contribution >= 4 is 16.6 Å². The van der Waals surface area contributed by atoms with Gasteiger partial charge in [0.1, 0.15) is 0 Å². The van der Waals surface area contributed by atoms with Crippen molar-refractivity contribution in [2.75, 3.05) is 0 Å². The molecule has 116 valence electrons. The molecule has 23 heavy (non-hydrogen) atoms. The van der Waals surface area contributed by atoms with Crippen molar-refractivity contribution in [3.05, 3.63) is 70.9 Å². The molecule has 0 saturated heterocycles. The van der Waals surface area contributed by atoms with Gasteiger partial charge in [-0.3, -0.25) is 4.99 Å². The van der Waals surface area contributed by atoms with Crippen LogP contribution in [0.5, 0.6) is 0 Å². The predicted octanol–water partition coefficient (Wildman–Crippen LogP) is 5.36. The van der Waals surface area contributed by atoms with Crippen molar-refractivity contribution in [2.45, 2.75) is 39.2 Å². The number of aromatic amines is 1. The summed E-state index contributed by atoms with van der Waals surface area (Å²) in [5.41, 5.74) is 7.78. The first-order valence-corrected chi connectivity index (χ1v) is 8.45. The summed E-state index contributed by atoms with van der Waals surface area (Å²) in [4.78, 5) is 8.67. The van der Waals surface area contributed by atoms with E-state index in [1.165, 1.54) is 45.4 Å². The quantitative estimate of drug-likeness (QED) is 0.660. The topological polar surface area (TPSA) is 28.1 Å². The smallest absolute Gasteiger partial charge is 0.0725 e. The first kappa shape index (κ1) is 14.3. The summed E-state index contributed by atoms with van der Waals surface area (Å²) in [6.07, 6.45) is 3.40. The zero-order valence-electron chi connectivity index (χ0n) is 13.8. The van der Waals surface area contributed by atoms with Gasteiger partial charge in [0.25, 0.3) is 0 Å². The Labute approximate surface area is 137 Å². The number of benzene rings is 2. The Morgan fingerprint density at radius 3 is 2.70 bits per heavy atom. The van der Waals surface area contributed by atoms with Gasteiger partial charge in [0.2, 0.25) is 0 Å². The van der Waals surface area contributed by atoms with Crippen LogP contribution in [0, 0.1) is 6.92 Å². The molecule has 1 aliphatic rings. The number of fused-ring (bicyclic) bond motifs is 3. The van der Waals surface area contributed by atoms with E-state index in [2.05, 4.69) is 67.4 Å². The summed E-state index contributed by atoms with van der Waals surface area (Å²) in [5.74, 6) is 0. The number of H-pyrrole nitrogens is 1. The van der Waals surface area contributed by atoms with Crippen LogP contribution in [-0.2, 0) is 6.42 Å². The summed E-state index contributed by atoms with van der Waals surface area (Å²) in [7, 11) is 0. The van der Waals surface area contributed by atoms with Gasteiger partial charge in [0.05, 0.1) is 17.4 Å². The van der Waals surface area contributed by atoms with Gasteiger partial charge >= 0.3 is 0 Å². The van der Waals surface area contributed by atoms with Crippen molar-refractivity contribution in [3.8, 4) is 0 Å². The van der Waals surface area contributed by atoms with Crippen LogP contribution in [0.1, 0.15) is 48.2 Å². The molecule has 0 radical (unpaired) electrons. The monoisotopic (exact) mass is 302 g/mol. The fourth-order valence-corrected chi connectivity index (χ4v) is 3.59. The lowest BCUT2D eigenvalue weighted by molar-refractivity contribution is 0.784. The largest absolute Gasteiger partial charge is 0.353 e. The van der Waals surface area contributed by atoms with E-state index in [0.717, 1.165) is 12.8 Å². The molecule has 0 amide bonds. The minimum Gasteiger partial charge on any atom is -0.353 e. The standard InChI is InChI=1S/C21H22N2/c1-14-11-12-19-18(13-14)17-9-6-10-20(21(17)23-19)22-15(2)16-7-4-3-5-8-16/h3-5,7-8,11-13,15,23H,6,9-10H2,1-2H3/t15-/m0/s1. The fourth-order valence-electron chi connectivity index (χ4n) is 3.59. The lowest BCUT2D eigenvalue weighted by Gasteiger charge is -2.17.